The Labute approximate surface area is 106 Å². The molecule has 2 fully saturated rings. The number of fused-ring (bicyclic) bond motifs is 1. The van der Waals surface area contributed by atoms with Gasteiger partial charge in [0.1, 0.15) is 0 Å². The van der Waals surface area contributed by atoms with E-state index in [4.69, 9.17) is 4.74 Å². The van der Waals surface area contributed by atoms with E-state index in [2.05, 4.69) is 6.92 Å². The Morgan fingerprint density at radius 2 is 1.76 bits per heavy atom. The molecule has 2 aliphatic rings. The average molecular weight is 240 g/mol. The summed E-state index contributed by atoms with van der Waals surface area (Å²) < 4.78 is 6.00. The van der Waals surface area contributed by atoms with Crippen LogP contribution in [-0.2, 0) is 4.74 Å². The first kappa shape index (κ1) is 13.4. The van der Waals surface area contributed by atoms with E-state index in [0.29, 0.717) is 6.10 Å². The lowest BCUT2D eigenvalue weighted by Crippen LogP contribution is -2.35. The van der Waals surface area contributed by atoms with Crippen LogP contribution in [0.3, 0.4) is 0 Å². The summed E-state index contributed by atoms with van der Waals surface area (Å²) in [5, 5.41) is 9.68. The zero-order valence-electron chi connectivity index (χ0n) is 11.2. The zero-order valence-corrected chi connectivity index (χ0v) is 11.2. The molecule has 4 unspecified atom stereocenters. The summed E-state index contributed by atoms with van der Waals surface area (Å²) in [6.07, 6.45) is 11.3. The highest BCUT2D eigenvalue weighted by Gasteiger charge is 2.35. The van der Waals surface area contributed by atoms with E-state index in [1.165, 1.54) is 44.9 Å². The Balaban J connectivity index is 1.67. The van der Waals surface area contributed by atoms with E-state index in [0.717, 1.165) is 31.3 Å². The number of unbranched alkanes of at least 4 members (excludes halogenated alkanes) is 2. The monoisotopic (exact) mass is 240 g/mol. The van der Waals surface area contributed by atoms with Crippen LogP contribution in [0.25, 0.3) is 0 Å². The number of aliphatic hydroxyl groups is 1. The second-order valence-electron chi connectivity index (χ2n) is 6.00. The predicted octanol–water partition coefficient (Wildman–Crippen LogP) is 3.52. The summed E-state index contributed by atoms with van der Waals surface area (Å²) in [7, 11) is 0. The second kappa shape index (κ2) is 6.75. The van der Waals surface area contributed by atoms with Crippen LogP contribution in [0.1, 0.15) is 64.7 Å². The molecular weight excluding hydrogens is 212 g/mol. The smallest absolute Gasteiger partial charge is 0.0578 e. The Hall–Kier alpha value is -0.0800. The van der Waals surface area contributed by atoms with Gasteiger partial charge in [-0.3, -0.25) is 0 Å². The van der Waals surface area contributed by atoms with Gasteiger partial charge in [0, 0.05) is 6.61 Å². The highest BCUT2D eigenvalue weighted by atomic mass is 16.5. The Morgan fingerprint density at radius 3 is 2.59 bits per heavy atom. The molecule has 4 atom stereocenters. The third-order valence-electron chi connectivity index (χ3n) is 4.64. The van der Waals surface area contributed by atoms with Crippen LogP contribution < -0.4 is 0 Å². The summed E-state index contributed by atoms with van der Waals surface area (Å²) in [6, 6.07) is 0. The van der Waals surface area contributed by atoms with Gasteiger partial charge in [0.15, 0.2) is 0 Å². The summed E-state index contributed by atoms with van der Waals surface area (Å²) in [5.74, 6) is 1.62. The molecule has 0 aliphatic heterocycles. The van der Waals surface area contributed by atoms with Crippen molar-refractivity contribution in [3.8, 4) is 0 Å². The van der Waals surface area contributed by atoms with Crippen LogP contribution in [0.4, 0.5) is 0 Å². The summed E-state index contributed by atoms with van der Waals surface area (Å²) in [6.45, 7) is 3.19. The largest absolute Gasteiger partial charge is 0.393 e. The average Bonchev–Trinajstić information content (AvgIpc) is 2.35. The normalized spacial score (nSPS) is 37.8. The van der Waals surface area contributed by atoms with Crippen LogP contribution in [0.2, 0.25) is 0 Å². The van der Waals surface area contributed by atoms with Gasteiger partial charge in [-0.15, -0.1) is 0 Å². The first-order chi connectivity index (χ1) is 8.29. The van der Waals surface area contributed by atoms with Crippen LogP contribution in [0.5, 0.6) is 0 Å². The minimum absolute atomic E-state index is 0.0155. The van der Waals surface area contributed by atoms with Crippen molar-refractivity contribution >= 4 is 0 Å². The van der Waals surface area contributed by atoms with Gasteiger partial charge in [-0.1, -0.05) is 19.8 Å². The molecule has 0 radical (unpaired) electrons. The molecule has 0 bridgehead atoms. The lowest BCUT2D eigenvalue weighted by atomic mass is 9.69. The Morgan fingerprint density at radius 1 is 1.00 bits per heavy atom. The highest BCUT2D eigenvalue weighted by molar-refractivity contribution is 4.86. The Bertz CT molecular complexity index is 215. The summed E-state index contributed by atoms with van der Waals surface area (Å²) >= 11 is 0. The van der Waals surface area contributed by atoms with E-state index in [9.17, 15) is 5.11 Å². The van der Waals surface area contributed by atoms with Crippen molar-refractivity contribution in [2.45, 2.75) is 76.9 Å². The molecule has 2 heteroatoms. The van der Waals surface area contributed by atoms with Crippen molar-refractivity contribution in [3.63, 3.8) is 0 Å². The minimum atomic E-state index is -0.0155. The van der Waals surface area contributed by atoms with Gasteiger partial charge in [0.2, 0.25) is 0 Å². The van der Waals surface area contributed by atoms with Gasteiger partial charge in [0.25, 0.3) is 0 Å². The maximum atomic E-state index is 9.68. The lowest BCUT2D eigenvalue weighted by molar-refractivity contribution is -0.0327. The summed E-state index contributed by atoms with van der Waals surface area (Å²) in [5.41, 5.74) is 0. The molecule has 0 aromatic rings. The van der Waals surface area contributed by atoms with Gasteiger partial charge >= 0.3 is 0 Å². The lowest BCUT2D eigenvalue weighted by Gasteiger charge is -2.40. The van der Waals surface area contributed by atoms with Crippen molar-refractivity contribution in [2.24, 2.45) is 11.8 Å². The zero-order chi connectivity index (χ0) is 12.1. The number of hydrogen-bond donors (Lipinski definition) is 1. The van der Waals surface area contributed by atoms with E-state index in [1.807, 2.05) is 0 Å². The van der Waals surface area contributed by atoms with E-state index >= 15 is 0 Å². The second-order valence-corrected chi connectivity index (χ2v) is 6.00. The van der Waals surface area contributed by atoms with E-state index in [-0.39, 0.29) is 6.10 Å². The van der Waals surface area contributed by atoms with Gasteiger partial charge < -0.3 is 9.84 Å². The molecule has 0 aromatic heterocycles. The van der Waals surface area contributed by atoms with Crippen LogP contribution in [-0.4, -0.2) is 23.9 Å². The molecule has 1 N–H and O–H groups in total. The molecular formula is C15H28O2. The number of ether oxygens (including phenoxy) is 1. The van der Waals surface area contributed by atoms with E-state index in [1.54, 1.807) is 0 Å². The molecule has 2 rings (SSSR count). The molecule has 2 saturated carbocycles. The van der Waals surface area contributed by atoms with Crippen molar-refractivity contribution in [1.82, 2.24) is 0 Å². The molecule has 0 aromatic carbocycles. The van der Waals surface area contributed by atoms with Crippen LogP contribution >= 0.6 is 0 Å². The molecule has 17 heavy (non-hydrogen) atoms. The molecule has 0 heterocycles. The maximum absolute atomic E-state index is 9.68. The fraction of sp³-hybridized carbons (Fsp3) is 1.00. The molecule has 0 amide bonds. The quantitative estimate of drug-likeness (QED) is 0.745. The number of aliphatic hydroxyl groups excluding tert-OH is 1. The summed E-state index contributed by atoms with van der Waals surface area (Å²) in [4.78, 5) is 0. The predicted molar refractivity (Wildman–Crippen MR) is 70.0 cm³/mol. The molecule has 2 nitrogen and oxygen atoms in total. The number of rotatable bonds is 5. The van der Waals surface area contributed by atoms with Gasteiger partial charge in [0.05, 0.1) is 12.2 Å². The van der Waals surface area contributed by atoms with Gasteiger partial charge in [-0.2, -0.15) is 0 Å². The molecule has 0 saturated heterocycles. The Kier molecular flexibility index (Phi) is 5.30. The van der Waals surface area contributed by atoms with E-state index < -0.39 is 0 Å². The first-order valence-electron chi connectivity index (χ1n) is 7.59. The molecule has 2 aliphatic carbocycles. The highest BCUT2D eigenvalue weighted by Crippen LogP contribution is 2.41. The fourth-order valence-corrected chi connectivity index (χ4v) is 3.57. The minimum Gasteiger partial charge on any atom is -0.393 e. The molecule has 100 valence electrons. The maximum Gasteiger partial charge on any atom is 0.0578 e. The number of hydrogen-bond acceptors (Lipinski definition) is 2. The van der Waals surface area contributed by atoms with Crippen molar-refractivity contribution in [1.29, 1.82) is 0 Å². The van der Waals surface area contributed by atoms with Crippen molar-refractivity contribution < 1.29 is 9.84 Å². The fourth-order valence-electron chi connectivity index (χ4n) is 3.57. The van der Waals surface area contributed by atoms with Crippen LogP contribution in [0.15, 0.2) is 0 Å². The third-order valence-corrected chi connectivity index (χ3v) is 4.64. The van der Waals surface area contributed by atoms with Crippen molar-refractivity contribution in [3.05, 3.63) is 0 Å². The first-order valence-corrected chi connectivity index (χ1v) is 7.59. The van der Waals surface area contributed by atoms with Gasteiger partial charge in [-0.05, 0) is 56.8 Å². The van der Waals surface area contributed by atoms with Crippen LogP contribution in [0, 0.1) is 11.8 Å². The third kappa shape index (κ3) is 3.96. The molecule has 0 spiro atoms. The van der Waals surface area contributed by atoms with Gasteiger partial charge in [-0.25, -0.2) is 0 Å². The topological polar surface area (TPSA) is 29.5 Å². The van der Waals surface area contributed by atoms with Crippen molar-refractivity contribution in [2.75, 3.05) is 6.61 Å². The standard InChI is InChI=1S/C15H28O2/c1-2-3-4-9-17-15-8-6-12-10-14(16)7-5-13(12)11-15/h12-16H,2-11H2,1H3. The SMILES string of the molecule is CCCCCOC1CCC2CC(O)CCC2C1.